The summed E-state index contributed by atoms with van der Waals surface area (Å²) < 4.78 is 50.1. The number of rotatable bonds is 9. The molecule has 0 spiro atoms. The van der Waals surface area contributed by atoms with Crippen molar-refractivity contribution in [2.24, 2.45) is 0 Å². The van der Waals surface area contributed by atoms with Gasteiger partial charge in [0, 0.05) is 44.1 Å². The van der Waals surface area contributed by atoms with E-state index >= 15 is 4.39 Å². The van der Waals surface area contributed by atoms with E-state index in [4.69, 9.17) is 4.74 Å². The first-order valence-corrected chi connectivity index (χ1v) is 15.8. The highest BCUT2D eigenvalue weighted by molar-refractivity contribution is 7.89. The van der Waals surface area contributed by atoms with Gasteiger partial charge in [0.2, 0.25) is 16.0 Å². The molecule has 0 saturated carbocycles. The molecule has 1 fully saturated rings. The van der Waals surface area contributed by atoms with Crippen LogP contribution in [0.2, 0.25) is 0 Å². The predicted molar refractivity (Wildman–Crippen MR) is 166 cm³/mol. The van der Waals surface area contributed by atoms with Crippen molar-refractivity contribution in [2.45, 2.75) is 64.6 Å². The van der Waals surface area contributed by atoms with Gasteiger partial charge >= 0.3 is 5.97 Å². The number of ether oxygens (including phenoxy) is 1. The van der Waals surface area contributed by atoms with E-state index in [0.717, 1.165) is 11.6 Å². The van der Waals surface area contributed by atoms with Crippen LogP contribution in [0.25, 0.3) is 0 Å². The predicted octanol–water partition coefficient (Wildman–Crippen LogP) is 3.63. The number of carbonyl (C=O) groups is 2. The normalized spacial score (nSPS) is 14.7. The molecule has 1 aliphatic heterocycles. The Kier molecular flexibility index (Phi) is 9.89. The van der Waals surface area contributed by atoms with Gasteiger partial charge in [0.1, 0.15) is 17.6 Å². The smallest absolute Gasteiger partial charge is 0.309 e. The number of nitrogens with one attached hydrogen (secondary N) is 2. The lowest BCUT2D eigenvalue weighted by Gasteiger charge is -2.36. The van der Waals surface area contributed by atoms with Gasteiger partial charge in [-0.05, 0) is 76.9 Å². The molecular formula is C31H39FN6O5S. The molecule has 2 heterocycles. The minimum Gasteiger partial charge on any atom is -0.460 e. The molecule has 1 aliphatic rings. The van der Waals surface area contributed by atoms with Gasteiger partial charge < -0.3 is 19.9 Å². The Morgan fingerprint density at radius 2 is 1.57 bits per heavy atom. The molecule has 1 amide bonds. The first-order chi connectivity index (χ1) is 20.6. The Labute approximate surface area is 257 Å². The zero-order chi connectivity index (χ0) is 32.2. The van der Waals surface area contributed by atoms with Gasteiger partial charge in [0.25, 0.3) is 5.91 Å². The van der Waals surface area contributed by atoms with Crippen molar-refractivity contribution in [3.05, 3.63) is 76.9 Å². The molecule has 1 unspecified atom stereocenters. The molecule has 0 aliphatic carbocycles. The number of esters is 1. The maximum Gasteiger partial charge on any atom is 0.309 e. The van der Waals surface area contributed by atoms with Crippen molar-refractivity contribution in [1.82, 2.24) is 20.0 Å². The third-order valence-electron chi connectivity index (χ3n) is 6.93. The summed E-state index contributed by atoms with van der Waals surface area (Å²) in [4.78, 5) is 38.4. The average molecular weight is 627 g/mol. The quantitative estimate of drug-likeness (QED) is 0.270. The van der Waals surface area contributed by atoms with Gasteiger partial charge in [0.15, 0.2) is 0 Å². The number of aromatic nitrogens is 2. The third kappa shape index (κ3) is 8.29. The average Bonchev–Trinajstić information content (AvgIpc) is 2.91. The number of halogens is 1. The van der Waals surface area contributed by atoms with Crippen LogP contribution in [0.3, 0.4) is 0 Å². The maximum atomic E-state index is 15.3. The molecule has 0 bridgehead atoms. The number of benzene rings is 2. The Balaban J connectivity index is 1.50. The highest BCUT2D eigenvalue weighted by atomic mass is 32.2. The Bertz CT molecular complexity index is 1600. The van der Waals surface area contributed by atoms with Crippen LogP contribution in [-0.4, -0.2) is 68.2 Å². The van der Waals surface area contributed by atoms with E-state index in [0.29, 0.717) is 48.9 Å². The number of nitrogens with zero attached hydrogens (tertiary/aromatic N) is 4. The van der Waals surface area contributed by atoms with Crippen molar-refractivity contribution >= 4 is 33.5 Å². The first-order valence-electron chi connectivity index (χ1n) is 14.3. The molecule has 2 N–H and O–H groups in total. The molecule has 2 aromatic carbocycles. The summed E-state index contributed by atoms with van der Waals surface area (Å²) in [5.41, 5.74) is 1.42. The van der Waals surface area contributed by atoms with Gasteiger partial charge in [0.05, 0.1) is 17.0 Å². The number of carbonyl (C=O) groups excluding carboxylic acids is 2. The summed E-state index contributed by atoms with van der Waals surface area (Å²) in [6, 6.07) is 9.31. The second-order valence-corrected chi connectivity index (χ2v) is 13.5. The van der Waals surface area contributed by atoms with E-state index in [1.807, 2.05) is 16.7 Å². The second kappa shape index (κ2) is 13.3. The number of hydrogen-bond donors (Lipinski definition) is 2. The van der Waals surface area contributed by atoms with Crippen LogP contribution in [0.5, 0.6) is 0 Å². The molecule has 1 saturated heterocycles. The third-order valence-corrected chi connectivity index (χ3v) is 8.71. The number of anilines is 2. The molecule has 236 valence electrons. The van der Waals surface area contributed by atoms with Crippen LogP contribution in [0.4, 0.5) is 16.0 Å². The second-order valence-electron chi connectivity index (χ2n) is 11.9. The minimum atomic E-state index is -4.17. The Morgan fingerprint density at radius 1 is 0.977 bits per heavy atom. The summed E-state index contributed by atoms with van der Waals surface area (Å²) in [5, 5.41) is 2.55. The first kappa shape index (κ1) is 32.8. The number of piperazine rings is 1. The monoisotopic (exact) mass is 626 g/mol. The van der Waals surface area contributed by atoms with Crippen molar-refractivity contribution in [3.8, 4) is 0 Å². The van der Waals surface area contributed by atoms with E-state index in [1.54, 1.807) is 65.2 Å². The molecule has 3 aromatic rings. The molecule has 13 heteroatoms. The number of sulfonamides is 1. The van der Waals surface area contributed by atoms with E-state index in [9.17, 15) is 18.0 Å². The summed E-state index contributed by atoms with van der Waals surface area (Å²) in [6.07, 6.45) is 1.50. The SMILES string of the molecule is Cc1cc(C)c(S(=O)(=O)NC(CC(=O)OC(C)(C)C)NC(=O)c2ccc(N3CCN(c4ncccn4)CC3)c(F)c2)c(C)c1. The summed E-state index contributed by atoms with van der Waals surface area (Å²) in [6.45, 7) is 12.5. The zero-order valence-electron chi connectivity index (χ0n) is 25.8. The fraction of sp³-hybridized carbons (Fsp3) is 0.419. The summed E-state index contributed by atoms with van der Waals surface area (Å²) in [7, 11) is -4.17. The molecule has 44 heavy (non-hydrogen) atoms. The molecular weight excluding hydrogens is 587 g/mol. The molecule has 0 radical (unpaired) electrons. The number of amides is 1. The van der Waals surface area contributed by atoms with Gasteiger partial charge in [-0.3, -0.25) is 9.59 Å². The van der Waals surface area contributed by atoms with Crippen molar-refractivity contribution in [2.75, 3.05) is 36.0 Å². The fourth-order valence-corrected chi connectivity index (χ4v) is 6.86. The highest BCUT2D eigenvalue weighted by Crippen LogP contribution is 2.24. The Morgan fingerprint density at radius 3 is 2.14 bits per heavy atom. The van der Waals surface area contributed by atoms with Crippen LogP contribution in [0.15, 0.2) is 53.7 Å². The van der Waals surface area contributed by atoms with Crippen LogP contribution in [0.1, 0.15) is 54.2 Å². The van der Waals surface area contributed by atoms with E-state index < -0.39 is 45.9 Å². The Hall–Kier alpha value is -4.10. The number of aryl methyl sites for hydroxylation is 3. The van der Waals surface area contributed by atoms with Crippen molar-refractivity contribution < 1.29 is 27.1 Å². The highest BCUT2D eigenvalue weighted by Gasteiger charge is 2.29. The van der Waals surface area contributed by atoms with Crippen LogP contribution in [-0.2, 0) is 19.6 Å². The van der Waals surface area contributed by atoms with Crippen LogP contribution in [0, 0.1) is 26.6 Å². The molecule has 11 nitrogen and oxygen atoms in total. The van der Waals surface area contributed by atoms with Crippen LogP contribution < -0.4 is 19.8 Å². The van der Waals surface area contributed by atoms with E-state index in [2.05, 4.69) is 20.0 Å². The largest absolute Gasteiger partial charge is 0.460 e. The van der Waals surface area contributed by atoms with Crippen molar-refractivity contribution in [3.63, 3.8) is 0 Å². The van der Waals surface area contributed by atoms with E-state index in [-0.39, 0.29) is 10.5 Å². The van der Waals surface area contributed by atoms with Gasteiger partial charge in [-0.2, -0.15) is 4.72 Å². The minimum absolute atomic E-state index is 0.0290. The molecule has 4 rings (SSSR count). The fourth-order valence-electron chi connectivity index (χ4n) is 5.26. The van der Waals surface area contributed by atoms with E-state index in [1.165, 1.54) is 12.1 Å². The van der Waals surface area contributed by atoms with Gasteiger partial charge in [-0.1, -0.05) is 17.7 Å². The summed E-state index contributed by atoms with van der Waals surface area (Å²) >= 11 is 0. The lowest BCUT2D eigenvalue weighted by molar-refractivity contribution is -0.155. The van der Waals surface area contributed by atoms with Crippen LogP contribution >= 0.6 is 0 Å². The standard InChI is InChI=1S/C31H39FN6O5S/c1-20-16-21(2)28(22(3)17-20)44(41,42)36-26(19-27(39)43-31(4,5)6)35-29(40)23-8-9-25(24(32)18-23)37-12-14-38(15-13-37)30-33-10-7-11-34-30/h7-11,16-18,26,36H,12-15,19H2,1-6H3,(H,35,40). The lowest BCUT2D eigenvalue weighted by Crippen LogP contribution is -2.49. The van der Waals surface area contributed by atoms with Gasteiger partial charge in [-0.25, -0.2) is 22.8 Å². The molecule has 1 aromatic heterocycles. The maximum absolute atomic E-state index is 15.3. The van der Waals surface area contributed by atoms with Crippen molar-refractivity contribution in [1.29, 1.82) is 0 Å². The zero-order valence-corrected chi connectivity index (χ0v) is 26.7. The van der Waals surface area contributed by atoms with Gasteiger partial charge in [-0.15, -0.1) is 0 Å². The summed E-state index contributed by atoms with van der Waals surface area (Å²) in [5.74, 6) is -1.46. The molecule has 1 atom stereocenters. The number of hydrogen-bond acceptors (Lipinski definition) is 9. The topological polar surface area (TPSA) is 134 Å². The lowest BCUT2D eigenvalue weighted by atomic mass is 10.1.